The Kier molecular flexibility index (Phi) is 3.38. The Labute approximate surface area is 120 Å². The summed E-state index contributed by atoms with van der Waals surface area (Å²) < 4.78 is 6.17. The van der Waals surface area contributed by atoms with Crippen LogP contribution in [0.15, 0.2) is 12.1 Å². The number of aryl methyl sites for hydroxylation is 1. The molecule has 1 unspecified atom stereocenters. The Morgan fingerprint density at radius 3 is 2.75 bits per heavy atom. The molecule has 1 aliphatic carbocycles. The summed E-state index contributed by atoms with van der Waals surface area (Å²) in [5.41, 5.74) is 1.85. The number of ether oxygens (including phenoxy) is 1. The molecule has 1 heterocycles. The second-order valence-corrected chi connectivity index (χ2v) is 6.26. The first-order valence-corrected chi connectivity index (χ1v) is 7.45. The van der Waals surface area contributed by atoms with Gasteiger partial charge in [-0.2, -0.15) is 0 Å². The molecule has 1 aromatic carbocycles. The molecule has 4 heteroatoms. The maximum atomic E-state index is 9.85. The van der Waals surface area contributed by atoms with Gasteiger partial charge in [-0.1, -0.05) is 0 Å². The number of nitrogens with zero attached hydrogens (tertiary/aromatic N) is 1. The quantitative estimate of drug-likeness (QED) is 0.774. The summed E-state index contributed by atoms with van der Waals surface area (Å²) in [5, 5.41) is 19.5. The third kappa shape index (κ3) is 2.17. The number of hydrogen-bond donors (Lipinski definition) is 2. The summed E-state index contributed by atoms with van der Waals surface area (Å²) in [7, 11) is 0. The Morgan fingerprint density at radius 2 is 2.00 bits per heavy atom. The van der Waals surface area contributed by atoms with Crippen molar-refractivity contribution < 1.29 is 14.9 Å². The van der Waals surface area contributed by atoms with Crippen LogP contribution in [0.4, 0.5) is 0 Å². The largest absolute Gasteiger partial charge is 0.504 e. The average Bonchev–Trinajstić information content (AvgIpc) is 2.42. The van der Waals surface area contributed by atoms with Gasteiger partial charge < -0.3 is 14.9 Å². The van der Waals surface area contributed by atoms with Gasteiger partial charge in [0, 0.05) is 19.1 Å². The molecule has 1 saturated heterocycles. The van der Waals surface area contributed by atoms with Crippen molar-refractivity contribution in [1.29, 1.82) is 0 Å². The molecule has 1 atom stereocenters. The van der Waals surface area contributed by atoms with E-state index in [4.69, 9.17) is 4.74 Å². The number of hydrogen-bond acceptors (Lipinski definition) is 4. The number of phenolic OH excluding ortho intramolecular Hbond substituents is 2. The minimum atomic E-state index is -0.318. The monoisotopic (exact) mass is 277 g/mol. The number of phenols is 2. The van der Waals surface area contributed by atoms with Crippen molar-refractivity contribution >= 4 is 0 Å². The topological polar surface area (TPSA) is 52.9 Å². The summed E-state index contributed by atoms with van der Waals surface area (Å²) >= 11 is 0. The molecule has 110 valence electrons. The van der Waals surface area contributed by atoms with Crippen LogP contribution in [0.3, 0.4) is 0 Å². The predicted octanol–water partition coefficient (Wildman–Crippen LogP) is 2.37. The van der Waals surface area contributed by atoms with E-state index in [-0.39, 0.29) is 17.1 Å². The van der Waals surface area contributed by atoms with Gasteiger partial charge in [0.2, 0.25) is 0 Å². The Hall–Kier alpha value is -1.26. The molecule has 1 spiro atoms. The zero-order valence-corrected chi connectivity index (χ0v) is 12.2. The lowest BCUT2D eigenvalue weighted by Crippen LogP contribution is -2.53. The van der Waals surface area contributed by atoms with Crippen LogP contribution in [0.2, 0.25) is 0 Å². The molecule has 4 nitrogen and oxygen atoms in total. The third-order valence-corrected chi connectivity index (χ3v) is 4.66. The first-order valence-electron chi connectivity index (χ1n) is 7.45. The zero-order chi connectivity index (χ0) is 14.3. The van der Waals surface area contributed by atoms with Gasteiger partial charge in [-0.15, -0.1) is 0 Å². The molecule has 0 radical (unpaired) electrons. The van der Waals surface area contributed by atoms with Crippen molar-refractivity contribution in [1.82, 2.24) is 4.90 Å². The van der Waals surface area contributed by atoms with Crippen molar-refractivity contribution in [3.05, 3.63) is 23.3 Å². The number of morpholine rings is 1. The Bertz CT molecular complexity index is 515. The van der Waals surface area contributed by atoms with Crippen molar-refractivity contribution in [2.45, 2.75) is 44.8 Å². The van der Waals surface area contributed by atoms with Crippen LogP contribution in [0, 0.1) is 0 Å². The molecular formula is C16H23NO3. The number of fused-ring (bicyclic) bond motifs is 2. The van der Waals surface area contributed by atoms with E-state index < -0.39 is 0 Å². The van der Waals surface area contributed by atoms with E-state index in [1.54, 1.807) is 12.1 Å². The van der Waals surface area contributed by atoms with Gasteiger partial charge in [0.05, 0.1) is 6.61 Å². The molecule has 0 bridgehead atoms. The fraction of sp³-hybridized carbons (Fsp3) is 0.625. The average molecular weight is 277 g/mol. The maximum absolute atomic E-state index is 9.85. The second-order valence-electron chi connectivity index (χ2n) is 6.26. The standard InChI is InChI=1S/C16H23NO3/c1-11(2)17-6-7-20-16(10-17)5-3-4-12-8-14(18)15(19)9-13(12)16/h8-9,11,18-19H,3-7,10H2,1-2H3. The Balaban J connectivity index is 2.02. The van der Waals surface area contributed by atoms with E-state index >= 15 is 0 Å². The molecule has 1 aliphatic heterocycles. The maximum Gasteiger partial charge on any atom is 0.157 e. The number of benzene rings is 1. The highest BCUT2D eigenvalue weighted by molar-refractivity contribution is 5.49. The van der Waals surface area contributed by atoms with E-state index in [1.807, 2.05) is 0 Å². The summed E-state index contributed by atoms with van der Waals surface area (Å²) in [6.45, 7) is 6.95. The second kappa shape index (κ2) is 4.93. The first kappa shape index (κ1) is 13.7. The molecular weight excluding hydrogens is 254 g/mol. The van der Waals surface area contributed by atoms with Crippen LogP contribution in [-0.2, 0) is 16.8 Å². The van der Waals surface area contributed by atoms with E-state index in [0.29, 0.717) is 6.04 Å². The smallest absolute Gasteiger partial charge is 0.157 e. The zero-order valence-electron chi connectivity index (χ0n) is 12.2. The molecule has 1 aromatic rings. The van der Waals surface area contributed by atoms with Gasteiger partial charge in [0.25, 0.3) is 0 Å². The lowest BCUT2D eigenvalue weighted by atomic mass is 9.77. The fourth-order valence-corrected chi connectivity index (χ4v) is 3.52. The molecule has 3 rings (SSSR count). The molecule has 2 aliphatic rings. The van der Waals surface area contributed by atoms with Crippen molar-refractivity contribution in [2.75, 3.05) is 19.7 Å². The first-order chi connectivity index (χ1) is 9.52. The highest BCUT2D eigenvalue weighted by Gasteiger charge is 2.42. The molecule has 2 N–H and O–H groups in total. The predicted molar refractivity (Wildman–Crippen MR) is 77.0 cm³/mol. The molecule has 20 heavy (non-hydrogen) atoms. The highest BCUT2D eigenvalue weighted by atomic mass is 16.5. The van der Waals surface area contributed by atoms with Crippen LogP contribution in [-0.4, -0.2) is 40.9 Å². The van der Waals surface area contributed by atoms with Crippen LogP contribution >= 0.6 is 0 Å². The summed E-state index contributed by atoms with van der Waals surface area (Å²) in [6.07, 6.45) is 2.98. The lowest BCUT2D eigenvalue weighted by Gasteiger charge is -2.47. The summed E-state index contributed by atoms with van der Waals surface area (Å²) in [4.78, 5) is 2.43. The van der Waals surface area contributed by atoms with E-state index in [2.05, 4.69) is 18.7 Å². The van der Waals surface area contributed by atoms with Gasteiger partial charge >= 0.3 is 0 Å². The van der Waals surface area contributed by atoms with Gasteiger partial charge in [-0.3, -0.25) is 4.90 Å². The molecule has 0 saturated carbocycles. The number of rotatable bonds is 1. The fourth-order valence-electron chi connectivity index (χ4n) is 3.52. The molecule has 0 aromatic heterocycles. The molecule has 0 amide bonds. The van der Waals surface area contributed by atoms with Crippen LogP contribution in [0.25, 0.3) is 0 Å². The highest BCUT2D eigenvalue weighted by Crippen LogP contribution is 2.44. The minimum Gasteiger partial charge on any atom is -0.504 e. The van der Waals surface area contributed by atoms with E-state index in [0.717, 1.165) is 50.1 Å². The Morgan fingerprint density at radius 1 is 1.25 bits per heavy atom. The van der Waals surface area contributed by atoms with E-state index in [1.165, 1.54) is 0 Å². The number of aromatic hydroxyl groups is 2. The molecule has 1 fully saturated rings. The van der Waals surface area contributed by atoms with Gasteiger partial charge in [0.15, 0.2) is 11.5 Å². The van der Waals surface area contributed by atoms with Crippen molar-refractivity contribution in [3.8, 4) is 11.5 Å². The van der Waals surface area contributed by atoms with Gasteiger partial charge in [0.1, 0.15) is 5.60 Å². The normalized spacial score (nSPS) is 26.9. The van der Waals surface area contributed by atoms with Crippen molar-refractivity contribution in [2.24, 2.45) is 0 Å². The minimum absolute atomic E-state index is 0.0303. The van der Waals surface area contributed by atoms with Crippen molar-refractivity contribution in [3.63, 3.8) is 0 Å². The summed E-state index contributed by atoms with van der Waals surface area (Å²) in [5.74, 6) is -0.0763. The van der Waals surface area contributed by atoms with Crippen LogP contribution in [0.5, 0.6) is 11.5 Å². The van der Waals surface area contributed by atoms with Gasteiger partial charge in [-0.05, 0) is 56.4 Å². The third-order valence-electron chi connectivity index (χ3n) is 4.66. The SMILES string of the molecule is CC(C)N1CCOC2(CCCc3cc(O)c(O)cc32)C1. The van der Waals surface area contributed by atoms with Crippen LogP contribution < -0.4 is 0 Å². The van der Waals surface area contributed by atoms with Crippen LogP contribution in [0.1, 0.15) is 37.8 Å². The van der Waals surface area contributed by atoms with E-state index in [9.17, 15) is 10.2 Å². The lowest BCUT2D eigenvalue weighted by molar-refractivity contribution is -0.130. The summed E-state index contributed by atoms with van der Waals surface area (Å²) in [6, 6.07) is 3.89. The van der Waals surface area contributed by atoms with Gasteiger partial charge in [-0.25, -0.2) is 0 Å².